The van der Waals surface area contributed by atoms with Gasteiger partial charge in [0.05, 0.1) is 18.9 Å². The molecule has 4 rings (SSSR count). The quantitative estimate of drug-likeness (QED) is 0.247. The largest absolute Gasteiger partial charge is 0.490 e. The number of carbonyl (C=O) groups excluding carboxylic acids is 4. The summed E-state index contributed by atoms with van der Waals surface area (Å²) in [7, 11) is 2.65. The average Bonchev–Trinajstić information content (AvgIpc) is 3.41. The molecular weight excluding hydrogens is 580 g/mol. The van der Waals surface area contributed by atoms with Gasteiger partial charge in [-0.25, -0.2) is 14.0 Å². The molecule has 4 atom stereocenters. The average molecular weight is 611 g/mol. The summed E-state index contributed by atoms with van der Waals surface area (Å²) in [5, 5.41) is 13.1. The zero-order valence-electron chi connectivity index (χ0n) is 23.4. The van der Waals surface area contributed by atoms with Crippen LogP contribution in [0.1, 0.15) is 12.5 Å². The number of esters is 1. The third-order valence-corrected chi connectivity index (χ3v) is 7.28. The van der Waals surface area contributed by atoms with Gasteiger partial charge >= 0.3 is 24.1 Å². The number of hydrogen-bond donors (Lipinski definition) is 3. The lowest BCUT2D eigenvalue weighted by Crippen LogP contribution is -2.59. The highest BCUT2D eigenvalue weighted by atomic mass is 19.4. The maximum atomic E-state index is 13.3. The van der Waals surface area contributed by atoms with E-state index in [9.17, 15) is 36.7 Å². The highest BCUT2D eigenvalue weighted by Crippen LogP contribution is 2.45. The smallest absolute Gasteiger partial charge is 0.475 e. The van der Waals surface area contributed by atoms with Crippen molar-refractivity contribution < 1.29 is 51.4 Å². The van der Waals surface area contributed by atoms with E-state index in [1.165, 1.54) is 43.3 Å². The molecule has 0 bridgehead atoms. The van der Waals surface area contributed by atoms with Crippen LogP contribution in [0.2, 0.25) is 0 Å². The number of carbonyl (C=O) groups is 5. The fourth-order valence-electron chi connectivity index (χ4n) is 5.28. The van der Waals surface area contributed by atoms with Crippen molar-refractivity contribution in [1.29, 1.82) is 0 Å². The minimum atomic E-state index is -5.08. The second-order valence-electron chi connectivity index (χ2n) is 9.89. The Morgan fingerprint density at radius 2 is 1.65 bits per heavy atom. The van der Waals surface area contributed by atoms with Crippen molar-refractivity contribution in [2.75, 3.05) is 32.6 Å². The van der Waals surface area contributed by atoms with Crippen molar-refractivity contribution >= 4 is 35.5 Å². The van der Waals surface area contributed by atoms with Crippen molar-refractivity contribution in [3.63, 3.8) is 0 Å². The number of nitrogens with one attached hydrogen (secondary N) is 2. The first-order chi connectivity index (χ1) is 20.2. The predicted octanol–water partition coefficient (Wildman–Crippen LogP) is 2.67. The van der Waals surface area contributed by atoms with Crippen LogP contribution >= 0.6 is 0 Å². The number of likely N-dealkylation sites (N-methyl/N-ethyl adjacent to an activating group) is 1. The van der Waals surface area contributed by atoms with E-state index in [0.717, 1.165) is 10.5 Å². The van der Waals surface area contributed by atoms with Crippen molar-refractivity contribution in [3.05, 3.63) is 66.0 Å². The van der Waals surface area contributed by atoms with Crippen LogP contribution in [0.15, 0.2) is 54.6 Å². The number of rotatable bonds is 7. The number of likely N-dealkylation sites (tertiary alicyclic amines) is 1. The molecule has 0 radical (unpaired) electrons. The van der Waals surface area contributed by atoms with Gasteiger partial charge in [-0.3, -0.25) is 24.6 Å². The fourth-order valence-corrected chi connectivity index (χ4v) is 5.28. The van der Waals surface area contributed by atoms with Gasteiger partial charge in [0.1, 0.15) is 11.4 Å². The molecule has 2 fully saturated rings. The van der Waals surface area contributed by atoms with Crippen molar-refractivity contribution in [2.24, 2.45) is 11.8 Å². The van der Waals surface area contributed by atoms with Gasteiger partial charge in [0, 0.05) is 38.3 Å². The van der Waals surface area contributed by atoms with Crippen LogP contribution in [0.4, 0.5) is 28.0 Å². The molecule has 2 heterocycles. The van der Waals surface area contributed by atoms with Gasteiger partial charge in [-0.05, 0) is 36.8 Å². The van der Waals surface area contributed by atoms with Crippen molar-refractivity contribution in [2.45, 2.75) is 31.1 Å². The van der Waals surface area contributed by atoms with Crippen LogP contribution in [0.25, 0.3) is 0 Å². The number of aliphatic carboxylic acids is 1. The molecule has 0 unspecified atom stereocenters. The van der Waals surface area contributed by atoms with E-state index in [2.05, 4.69) is 10.6 Å². The molecule has 43 heavy (non-hydrogen) atoms. The maximum absolute atomic E-state index is 13.3. The summed E-state index contributed by atoms with van der Waals surface area (Å²) in [6, 6.07) is 13.4. The number of ether oxygens (including phenoxy) is 1. The molecule has 2 aromatic rings. The Bertz CT molecular complexity index is 1360. The number of hydrogen-bond acceptors (Lipinski definition) is 7. The van der Waals surface area contributed by atoms with Gasteiger partial charge < -0.3 is 20.1 Å². The zero-order chi connectivity index (χ0) is 32.1. The molecule has 15 heteroatoms. The molecule has 0 spiro atoms. The Balaban J connectivity index is 0.000000646. The highest BCUT2D eigenvalue weighted by Gasteiger charge is 2.68. The molecule has 2 aromatic carbocycles. The molecule has 232 valence electrons. The van der Waals surface area contributed by atoms with E-state index in [1.54, 1.807) is 6.92 Å². The summed E-state index contributed by atoms with van der Waals surface area (Å²) in [5.74, 6) is -6.51. The third kappa shape index (κ3) is 7.10. The number of urea groups is 1. The van der Waals surface area contributed by atoms with Crippen LogP contribution in [-0.2, 0) is 30.3 Å². The molecule has 0 aromatic heterocycles. The molecule has 2 aliphatic heterocycles. The number of anilines is 1. The number of carboxylic acids is 1. The number of carboxylic acid groups (broad SMARTS) is 1. The molecular formula is C28H30F4N4O7. The zero-order valence-corrected chi connectivity index (χ0v) is 23.4. The maximum Gasteiger partial charge on any atom is 0.490 e. The van der Waals surface area contributed by atoms with Crippen LogP contribution in [0, 0.1) is 17.7 Å². The van der Waals surface area contributed by atoms with E-state index >= 15 is 0 Å². The fraction of sp³-hybridized carbons (Fsp3) is 0.393. The van der Waals surface area contributed by atoms with Gasteiger partial charge in [0.2, 0.25) is 11.8 Å². The lowest BCUT2D eigenvalue weighted by atomic mass is 9.76. The third-order valence-electron chi connectivity index (χ3n) is 7.28. The number of alkyl halides is 3. The van der Waals surface area contributed by atoms with Gasteiger partial charge in [-0.15, -0.1) is 0 Å². The summed E-state index contributed by atoms with van der Waals surface area (Å²) < 4.78 is 50.1. The first-order valence-electron chi connectivity index (χ1n) is 13.0. The number of amides is 4. The number of fused-ring (bicyclic) bond motifs is 1. The first-order valence-corrected chi connectivity index (χ1v) is 13.0. The lowest BCUT2D eigenvalue weighted by molar-refractivity contribution is -0.192. The highest BCUT2D eigenvalue weighted by molar-refractivity contribution is 6.09. The summed E-state index contributed by atoms with van der Waals surface area (Å²) in [6.45, 7) is 2.14. The Labute approximate surface area is 243 Å². The monoisotopic (exact) mass is 610 g/mol. The van der Waals surface area contributed by atoms with Crippen LogP contribution in [-0.4, -0.2) is 89.7 Å². The molecule has 4 amide bonds. The SMILES string of the molecule is CCN(C[C@H]1N[C@@](Cc2ccccc2)(C(=O)OC)[C@H]2C(=O)N(C)C(=O)[C@@H]12)C(=O)Nc1ccc(F)cc1.O=C(O)C(F)(F)F. The molecule has 0 aliphatic carbocycles. The number of nitrogens with zero attached hydrogens (tertiary/aromatic N) is 2. The van der Waals surface area contributed by atoms with Gasteiger partial charge in [-0.1, -0.05) is 30.3 Å². The summed E-state index contributed by atoms with van der Waals surface area (Å²) in [4.78, 5) is 64.1. The minimum Gasteiger partial charge on any atom is -0.475 e. The Morgan fingerprint density at radius 3 is 2.16 bits per heavy atom. The summed E-state index contributed by atoms with van der Waals surface area (Å²) in [5.41, 5.74) is -0.265. The van der Waals surface area contributed by atoms with E-state index in [0.29, 0.717) is 12.2 Å². The standard InChI is InChI=1S/C26H29FN4O5.C2HF3O2/c1-4-31(25(35)28-18-12-10-17(27)11-13-18)15-19-20-21(23(33)30(2)22(20)32)26(29-19,24(34)36-3)14-16-8-6-5-7-9-16;3-2(4,5)1(6)7/h5-13,19-21,29H,4,14-15H2,1-3H3,(H,28,35);(H,6,7)/t19-,20+,21-,26-;/m1./s1. The van der Waals surface area contributed by atoms with E-state index in [-0.39, 0.29) is 13.0 Å². The summed E-state index contributed by atoms with van der Waals surface area (Å²) in [6.07, 6.45) is -4.95. The Kier molecular flexibility index (Phi) is 10.1. The molecule has 2 aliphatic rings. The Hall–Kier alpha value is -4.53. The van der Waals surface area contributed by atoms with Gasteiger partial charge in [-0.2, -0.15) is 13.2 Å². The first kappa shape index (κ1) is 33.0. The molecule has 0 saturated carbocycles. The Morgan fingerprint density at radius 1 is 1.07 bits per heavy atom. The summed E-state index contributed by atoms with van der Waals surface area (Å²) >= 11 is 0. The van der Waals surface area contributed by atoms with Crippen LogP contribution < -0.4 is 10.6 Å². The molecule has 2 saturated heterocycles. The lowest BCUT2D eigenvalue weighted by Gasteiger charge is -2.33. The number of imide groups is 1. The van der Waals surface area contributed by atoms with Gasteiger partial charge in [0.15, 0.2) is 0 Å². The number of methoxy groups -OCH3 is 1. The topological polar surface area (TPSA) is 145 Å². The number of halogens is 4. The van der Waals surface area contributed by atoms with Crippen LogP contribution in [0.5, 0.6) is 0 Å². The molecule has 3 N–H and O–H groups in total. The van der Waals surface area contributed by atoms with Crippen molar-refractivity contribution in [3.8, 4) is 0 Å². The minimum absolute atomic E-state index is 0.0606. The second-order valence-corrected chi connectivity index (χ2v) is 9.89. The molecule has 11 nitrogen and oxygen atoms in total. The second kappa shape index (κ2) is 13.2. The number of benzene rings is 2. The van der Waals surface area contributed by atoms with Crippen LogP contribution in [0.3, 0.4) is 0 Å². The van der Waals surface area contributed by atoms with Crippen molar-refractivity contribution in [1.82, 2.24) is 15.1 Å². The normalized spacial score (nSPS) is 22.8. The van der Waals surface area contributed by atoms with E-state index in [1.807, 2.05) is 30.3 Å². The van der Waals surface area contributed by atoms with Gasteiger partial charge in [0.25, 0.3) is 0 Å². The predicted molar refractivity (Wildman–Crippen MR) is 143 cm³/mol. The van der Waals surface area contributed by atoms with E-state index < -0.39 is 65.2 Å². The van der Waals surface area contributed by atoms with E-state index in [4.69, 9.17) is 14.6 Å².